The van der Waals surface area contributed by atoms with Gasteiger partial charge in [-0.05, 0) is 91.2 Å². The molecule has 2 saturated carbocycles. The van der Waals surface area contributed by atoms with E-state index in [4.69, 9.17) is 0 Å². The number of rotatable bonds is 2. The molecule has 3 aliphatic carbocycles. The normalized spacial score (nSPS) is 34.2. The van der Waals surface area contributed by atoms with Gasteiger partial charge in [0, 0.05) is 5.41 Å². The van der Waals surface area contributed by atoms with Crippen molar-refractivity contribution >= 4 is 6.08 Å². The first kappa shape index (κ1) is 21.6. The van der Waals surface area contributed by atoms with Gasteiger partial charge >= 0.3 is 6.18 Å². The number of halogens is 3. The Bertz CT molecular complexity index is 1060. The van der Waals surface area contributed by atoms with Crippen molar-refractivity contribution in [2.75, 3.05) is 0 Å². The summed E-state index contributed by atoms with van der Waals surface area (Å²) in [6.07, 6.45) is 3.88. The van der Waals surface area contributed by atoms with Gasteiger partial charge in [0.05, 0.1) is 11.2 Å². The van der Waals surface area contributed by atoms with Crippen LogP contribution in [-0.4, -0.2) is 15.8 Å². The van der Waals surface area contributed by atoms with Crippen LogP contribution in [0.25, 0.3) is 6.08 Å². The zero-order valence-corrected chi connectivity index (χ0v) is 18.2. The Kier molecular flexibility index (Phi) is 4.97. The van der Waals surface area contributed by atoms with Crippen molar-refractivity contribution in [3.8, 4) is 5.75 Å². The quantitative estimate of drug-likeness (QED) is 0.543. The third-order valence-electron chi connectivity index (χ3n) is 8.73. The molecule has 32 heavy (non-hydrogen) atoms. The van der Waals surface area contributed by atoms with E-state index in [1.54, 1.807) is 18.2 Å². The number of aromatic hydroxyl groups is 1. The lowest BCUT2D eigenvalue weighted by molar-refractivity contribution is -0.137. The molecule has 170 valence electrons. The zero-order valence-electron chi connectivity index (χ0n) is 18.2. The first-order valence-electron chi connectivity index (χ1n) is 11.5. The summed E-state index contributed by atoms with van der Waals surface area (Å²) in [5, 5.41) is 21.6. The van der Waals surface area contributed by atoms with Crippen molar-refractivity contribution < 1.29 is 23.4 Å². The maximum absolute atomic E-state index is 13.4. The van der Waals surface area contributed by atoms with Gasteiger partial charge in [0.2, 0.25) is 0 Å². The third-order valence-corrected chi connectivity index (χ3v) is 8.73. The molecule has 3 aliphatic rings. The summed E-state index contributed by atoms with van der Waals surface area (Å²) in [5.41, 5.74) is 0.511. The minimum absolute atomic E-state index is 0.0977. The SMILES string of the molecule is CC12CCC3c4ccc(O)cc4CCC3C1CCC2(O)/C=C/c1ccccc1C(F)(F)F. The van der Waals surface area contributed by atoms with E-state index in [1.807, 2.05) is 6.07 Å². The molecule has 2 aromatic carbocycles. The zero-order chi connectivity index (χ0) is 22.7. The molecule has 5 atom stereocenters. The third kappa shape index (κ3) is 3.28. The van der Waals surface area contributed by atoms with E-state index in [0.29, 0.717) is 29.9 Å². The molecular formula is C27H29F3O2. The Hall–Kier alpha value is -2.27. The van der Waals surface area contributed by atoms with Crippen LogP contribution in [0.2, 0.25) is 0 Å². The molecule has 5 rings (SSSR count). The average molecular weight is 443 g/mol. The maximum atomic E-state index is 13.4. The van der Waals surface area contributed by atoms with E-state index in [9.17, 15) is 23.4 Å². The molecule has 0 aliphatic heterocycles. The topological polar surface area (TPSA) is 40.5 Å². The molecule has 0 heterocycles. The molecular weight excluding hydrogens is 413 g/mol. The molecule has 0 spiro atoms. The summed E-state index contributed by atoms with van der Waals surface area (Å²) in [6.45, 7) is 2.13. The lowest BCUT2D eigenvalue weighted by atomic mass is 9.53. The number of alkyl halides is 3. The minimum Gasteiger partial charge on any atom is -0.508 e. The number of phenolic OH excluding ortho intramolecular Hbond substituents is 1. The van der Waals surface area contributed by atoms with Crippen LogP contribution < -0.4 is 0 Å². The van der Waals surface area contributed by atoms with E-state index >= 15 is 0 Å². The first-order valence-corrected chi connectivity index (χ1v) is 11.5. The van der Waals surface area contributed by atoms with Gasteiger partial charge in [0.15, 0.2) is 0 Å². The molecule has 0 aromatic heterocycles. The highest BCUT2D eigenvalue weighted by molar-refractivity contribution is 5.56. The summed E-state index contributed by atoms with van der Waals surface area (Å²) < 4.78 is 40.2. The minimum atomic E-state index is -4.42. The van der Waals surface area contributed by atoms with Gasteiger partial charge in [0.1, 0.15) is 5.75 Å². The Balaban J connectivity index is 1.44. The van der Waals surface area contributed by atoms with Gasteiger partial charge < -0.3 is 10.2 Å². The van der Waals surface area contributed by atoms with E-state index < -0.39 is 17.3 Å². The molecule has 5 heteroatoms. The van der Waals surface area contributed by atoms with Gasteiger partial charge in [-0.1, -0.05) is 43.3 Å². The first-order chi connectivity index (χ1) is 15.1. The van der Waals surface area contributed by atoms with E-state index in [-0.39, 0.29) is 11.0 Å². The van der Waals surface area contributed by atoms with Crippen molar-refractivity contribution in [3.05, 3.63) is 70.8 Å². The second-order valence-electron chi connectivity index (χ2n) is 10.1. The van der Waals surface area contributed by atoms with Gasteiger partial charge in [-0.3, -0.25) is 0 Å². The van der Waals surface area contributed by atoms with Gasteiger partial charge in [-0.25, -0.2) is 0 Å². The van der Waals surface area contributed by atoms with Crippen molar-refractivity contribution in [1.29, 1.82) is 0 Å². The molecule has 2 fully saturated rings. The predicted octanol–water partition coefficient (Wildman–Crippen LogP) is 6.71. The number of fused-ring (bicyclic) bond motifs is 5. The highest BCUT2D eigenvalue weighted by atomic mass is 19.4. The fraction of sp³-hybridized carbons (Fsp3) is 0.481. The number of phenols is 1. The number of aryl methyl sites for hydroxylation is 1. The molecule has 0 bridgehead atoms. The Morgan fingerprint density at radius 3 is 2.59 bits per heavy atom. The fourth-order valence-electron chi connectivity index (χ4n) is 7.02. The van der Waals surface area contributed by atoms with Crippen molar-refractivity contribution in [2.45, 2.75) is 63.1 Å². The summed E-state index contributed by atoms with van der Waals surface area (Å²) in [7, 11) is 0. The van der Waals surface area contributed by atoms with Crippen LogP contribution in [0.3, 0.4) is 0 Å². The molecule has 0 radical (unpaired) electrons. The second kappa shape index (κ2) is 7.38. The lowest BCUT2D eigenvalue weighted by Gasteiger charge is -2.52. The monoisotopic (exact) mass is 442 g/mol. The molecule has 5 unspecified atom stereocenters. The number of hydrogen-bond acceptors (Lipinski definition) is 2. The number of aliphatic hydroxyl groups is 1. The van der Waals surface area contributed by atoms with Crippen molar-refractivity contribution in [2.24, 2.45) is 17.3 Å². The van der Waals surface area contributed by atoms with Crippen LogP contribution in [0.1, 0.15) is 67.2 Å². The highest BCUT2D eigenvalue weighted by Crippen LogP contribution is 2.64. The smallest absolute Gasteiger partial charge is 0.416 e. The molecule has 2 N–H and O–H groups in total. The summed E-state index contributed by atoms with van der Waals surface area (Å²) >= 11 is 0. The predicted molar refractivity (Wildman–Crippen MR) is 118 cm³/mol. The fourth-order valence-corrected chi connectivity index (χ4v) is 7.02. The van der Waals surface area contributed by atoms with Crippen molar-refractivity contribution in [1.82, 2.24) is 0 Å². The van der Waals surface area contributed by atoms with Crippen molar-refractivity contribution in [3.63, 3.8) is 0 Å². The van der Waals surface area contributed by atoms with E-state index in [2.05, 4.69) is 13.0 Å². The van der Waals surface area contributed by atoms with Gasteiger partial charge in [0.25, 0.3) is 0 Å². The highest BCUT2D eigenvalue weighted by Gasteiger charge is 2.60. The Morgan fingerprint density at radius 1 is 1.03 bits per heavy atom. The molecule has 0 saturated heterocycles. The number of hydrogen-bond donors (Lipinski definition) is 2. The molecule has 0 amide bonds. The van der Waals surface area contributed by atoms with Crippen LogP contribution in [0.4, 0.5) is 13.2 Å². The lowest BCUT2D eigenvalue weighted by Crippen LogP contribution is -2.49. The van der Waals surface area contributed by atoms with Gasteiger partial charge in [-0.15, -0.1) is 0 Å². The molecule has 2 aromatic rings. The van der Waals surface area contributed by atoms with Crippen LogP contribution >= 0.6 is 0 Å². The Labute approximate surface area is 186 Å². The number of benzene rings is 2. The average Bonchev–Trinajstić information content (AvgIpc) is 3.02. The summed E-state index contributed by atoms with van der Waals surface area (Å²) in [5.74, 6) is 1.52. The maximum Gasteiger partial charge on any atom is 0.416 e. The standard InChI is InChI=1S/C27H29F3O2/c1-25-13-11-21-20-9-7-19(31)16-18(20)6-8-22(21)24(25)12-15-26(25,32)14-10-17-4-2-3-5-23(17)27(28,29)30/h2-5,7,9-10,14,16,21-22,24,31-32H,6,8,11-13,15H2,1H3/b14-10+. The largest absolute Gasteiger partial charge is 0.508 e. The van der Waals surface area contributed by atoms with Crippen LogP contribution in [0, 0.1) is 17.3 Å². The van der Waals surface area contributed by atoms with Crippen LogP contribution in [0.15, 0.2) is 48.5 Å². The second-order valence-corrected chi connectivity index (χ2v) is 10.1. The molecule has 2 nitrogen and oxygen atoms in total. The summed E-state index contributed by atoms with van der Waals surface area (Å²) in [6, 6.07) is 11.2. The van der Waals surface area contributed by atoms with Crippen LogP contribution in [-0.2, 0) is 12.6 Å². The Morgan fingerprint density at radius 2 is 1.81 bits per heavy atom. The van der Waals surface area contributed by atoms with Gasteiger partial charge in [-0.2, -0.15) is 13.2 Å². The van der Waals surface area contributed by atoms with E-state index in [1.165, 1.54) is 29.3 Å². The summed E-state index contributed by atoms with van der Waals surface area (Å²) in [4.78, 5) is 0. The van der Waals surface area contributed by atoms with Crippen LogP contribution in [0.5, 0.6) is 5.75 Å². The van der Waals surface area contributed by atoms with E-state index in [0.717, 1.165) is 38.2 Å².